The molecule has 1 fully saturated rings. The average molecular weight is 518 g/mol. The summed E-state index contributed by atoms with van der Waals surface area (Å²) in [5.74, 6) is -4.86. The third-order valence-corrected chi connectivity index (χ3v) is 7.40. The molecule has 0 aliphatic carbocycles. The van der Waals surface area contributed by atoms with Crippen LogP contribution < -0.4 is 10.9 Å². The number of hydrogen-bond acceptors (Lipinski definition) is 4. The highest BCUT2D eigenvalue weighted by molar-refractivity contribution is 5.93. The van der Waals surface area contributed by atoms with Crippen molar-refractivity contribution in [2.75, 3.05) is 18.4 Å². The lowest BCUT2D eigenvalue weighted by Gasteiger charge is -2.40. The van der Waals surface area contributed by atoms with Crippen molar-refractivity contribution < 1.29 is 22.4 Å². The Kier molecular flexibility index (Phi) is 6.43. The summed E-state index contributed by atoms with van der Waals surface area (Å²) >= 11 is 0. The van der Waals surface area contributed by atoms with Crippen LogP contribution in [0.3, 0.4) is 0 Å². The van der Waals surface area contributed by atoms with Gasteiger partial charge in [-0.25, -0.2) is 22.5 Å². The summed E-state index contributed by atoms with van der Waals surface area (Å²) in [6, 6.07) is 5.07. The molecule has 196 valence electrons. The van der Waals surface area contributed by atoms with Gasteiger partial charge in [0.25, 0.3) is 5.92 Å². The Morgan fingerprint density at radius 3 is 2.57 bits per heavy atom. The van der Waals surface area contributed by atoms with Gasteiger partial charge in [0.1, 0.15) is 17.5 Å². The lowest BCUT2D eigenvalue weighted by molar-refractivity contribution is -0.125. The molecule has 3 aromatic rings. The summed E-state index contributed by atoms with van der Waals surface area (Å²) < 4.78 is 60.2. The lowest BCUT2D eigenvalue weighted by atomic mass is 9.87. The van der Waals surface area contributed by atoms with E-state index in [0.717, 1.165) is 6.07 Å². The van der Waals surface area contributed by atoms with Crippen LogP contribution in [0.1, 0.15) is 48.7 Å². The number of anilines is 1. The van der Waals surface area contributed by atoms with Crippen LogP contribution in [-0.2, 0) is 18.3 Å². The minimum atomic E-state index is -2.97. The highest BCUT2D eigenvalue weighted by Crippen LogP contribution is 2.40. The van der Waals surface area contributed by atoms with E-state index >= 15 is 0 Å². The first kappa shape index (κ1) is 25.2. The largest absolute Gasteiger partial charge is 0.325 e. The van der Waals surface area contributed by atoms with E-state index in [1.807, 2.05) is 0 Å². The van der Waals surface area contributed by atoms with Crippen molar-refractivity contribution in [2.24, 2.45) is 7.05 Å². The second-order valence-electron chi connectivity index (χ2n) is 9.84. The number of amides is 1. The van der Waals surface area contributed by atoms with E-state index in [-0.39, 0.29) is 24.7 Å². The van der Waals surface area contributed by atoms with Crippen LogP contribution in [0.15, 0.2) is 47.5 Å². The van der Waals surface area contributed by atoms with E-state index < -0.39 is 41.8 Å². The summed E-state index contributed by atoms with van der Waals surface area (Å²) in [5, 5.41) is 2.76. The monoisotopic (exact) mass is 517 g/mol. The zero-order valence-electron chi connectivity index (χ0n) is 20.4. The number of alkyl halides is 2. The number of imidazole rings is 1. The summed E-state index contributed by atoms with van der Waals surface area (Å²) in [6.07, 6.45) is 3.85. The molecule has 2 aromatic heterocycles. The maximum Gasteiger partial charge on any atom is 0.257 e. The third kappa shape index (κ3) is 4.92. The lowest BCUT2D eigenvalue weighted by Crippen LogP contribution is -2.52. The van der Waals surface area contributed by atoms with Crippen LogP contribution in [0.5, 0.6) is 0 Å². The van der Waals surface area contributed by atoms with Crippen molar-refractivity contribution in [1.82, 2.24) is 19.0 Å². The maximum atomic E-state index is 14.8. The predicted molar refractivity (Wildman–Crippen MR) is 129 cm³/mol. The molecule has 37 heavy (non-hydrogen) atoms. The van der Waals surface area contributed by atoms with Crippen molar-refractivity contribution in [3.8, 4) is 0 Å². The van der Waals surface area contributed by atoms with Gasteiger partial charge < -0.3 is 14.5 Å². The van der Waals surface area contributed by atoms with E-state index in [2.05, 4.69) is 10.3 Å². The predicted octanol–water partition coefficient (Wildman–Crippen LogP) is 3.85. The number of carbonyl (C=O) groups is 1. The molecule has 0 unspecified atom stereocenters. The Balaban J connectivity index is 1.29. The van der Waals surface area contributed by atoms with Crippen molar-refractivity contribution in [3.05, 3.63) is 81.7 Å². The molecular formula is C26H27F4N5O2. The molecule has 0 saturated carbocycles. The van der Waals surface area contributed by atoms with Gasteiger partial charge in [-0.15, -0.1) is 0 Å². The molecule has 1 saturated heterocycles. The number of hydrogen-bond donors (Lipinski definition) is 1. The van der Waals surface area contributed by atoms with E-state index in [9.17, 15) is 27.2 Å². The molecule has 0 spiro atoms. The second-order valence-corrected chi connectivity index (χ2v) is 9.84. The van der Waals surface area contributed by atoms with Gasteiger partial charge in [0.15, 0.2) is 5.82 Å². The Hall–Kier alpha value is -3.47. The van der Waals surface area contributed by atoms with Crippen LogP contribution in [-0.4, -0.2) is 50.0 Å². The normalized spacial score (nSPS) is 22.0. The fourth-order valence-electron chi connectivity index (χ4n) is 5.29. The summed E-state index contributed by atoms with van der Waals surface area (Å²) in [7, 11) is 1.51. The number of likely N-dealkylation sites (tertiary alicyclic amines) is 1. The van der Waals surface area contributed by atoms with Crippen LogP contribution in [0.4, 0.5) is 23.4 Å². The van der Waals surface area contributed by atoms with E-state index in [4.69, 9.17) is 0 Å². The van der Waals surface area contributed by atoms with Crippen molar-refractivity contribution in [2.45, 2.75) is 50.1 Å². The number of carbonyl (C=O) groups excluding carboxylic acids is 1. The topological polar surface area (TPSA) is 72.2 Å². The Morgan fingerprint density at radius 1 is 1.14 bits per heavy atom. The third-order valence-electron chi connectivity index (χ3n) is 7.40. The van der Waals surface area contributed by atoms with E-state index in [1.54, 1.807) is 22.6 Å². The van der Waals surface area contributed by atoms with Crippen LogP contribution in [0.25, 0.3) is 0 Å². The number of pyridine rings is 1. The highest BCUT2D eigenvalue weighted by Gasteiger charge is 2.46. The molecular weight excluding hydrogens is 490 g/mol. The van der Waals surface area contributed by atoms with E-state index in [0.29, 0.717) is 35.6 Å². The van der Waals surface area contributed by atoms with E-state index in [1.165, 1.54) is 42.1 Å². The molecule has 4 heterocycles. The second kappa shape index (κ2) is 9.44. The van der Waals surface area contributed by atoms with Crippen molar-refractivity contribution in [1.29, 1.82) is 0 Å². The molecule has 3 atom stereocenters. The molecule has 11 heteroatoms. The van der Waals surface area contributed by atoms with Gasteiger partial charge in [0, 0.05) is 57.5 Å². The minimum Gasteiger partial charge on any atom is -0.325 e. The number of aromatic nitrogens is 3. The molecule has 1 N–H and O–H groups in total. The fraction of sp³-hybridized carbons (Fsp3) is 0.423. The number of nitrogens with one attached hydrogen (secondary N) is 1. The smallest absolute Gasteiger partial charge is 0.257 e. The molecule has 1 aromatic carbocycles. The van der Waals surface area contributed by atoms with Gasteiger partial charge in [-0.2, -0.15) is 0 Å². The number of aryl methyl sites for hydroxylation is 2. The highest BCUT2D eigenvalue weighted by atomic mass is 19.3. The summed E-state index contributed by atoms with van der Waals surface area (Å²) in [6.45, 7) is 1.64. The molecule has 5 rings (SSSR count). The van der Waals surface area contributed by atoms with Crippen LogP contribution in [0.2, 0.25) is 0 Å². The van der Waals surface area contributed by atoms with Crippen LogP contribution in [0, 0.1) is 11.6 Å². The molecule has 0 radical (unpaired) electrons. The fourth-order valence-corrected chi connectivity index (χ4v) is 5.29. The van der Waals surface area contributed by atoms with Crippen molar-refractivity contribution >= 4 is 11.7 Å². The number of nitrogens with zero attached hydrogens (tertiary/aromatic N) is 4. The zero-order chi connectivity index (χ0) is 26.5. The van der Waals surface area contributed by atoms with Gasteiger partial charge in [-0.05, 0) is 36.6 Å². The number of benzene rings is 1. The number of halogens is 4. The summed E-state index contributed by atoms with van der Waals surface area (Å²) in [4.78, 5) is 30.9. The Bertz CT molecular complexity index is 1380. The number of rotatable bonds is 5. The first-order valence-electron chi connectivity index (χ1n) is 12.1. The van der Waals surface area contributed by atoms with Crippen LogP contribution >= 0.6 is 0 Å². The van der Waals surface area contributed by atoms with Gasteiger partial charge in [-0.3, -0.25) is 14.5 Å². The molecule has 2 aliphatic rings. The number of fused-ring (bicyclic) bond motifs is 1. The minimum absolute atomic E-state index is 0.0384. The zero-order valence-corrected chi connectivity index (χ0v) is 20.4. The Morgan fingerprint density at radius 2 is 1.86 bits per heavy atom. The first-order valence-corrected chi connectivity index (χ1v) is 12.1. The van der Waals surface area contributed by atoms with Crippen molar-refractivity contribution in [3.63, 3.8) is 0 Å². The molecule has 0 bridgehead atoms. The Labute approximate surface area is 210 Å². The maximum absolute atomic E-state index is 14.8. The number of piperidine rings is 1. The SMILES string of the molecule is C[C@@H](C(=O)Nc1cn2c(n1)CC[C@@H]2c1cc(F)cc(F)c1)N1CCC(F)(F)[C@H](c2ccc(=O)n(C)c2)C1. The first-order chi connectivity index (χ1) is 17.5. The molecule has 7 nitrogen and oxygen atoms in total. The molecule has 2 aliphatic heterocycles. The molecule has 1 amide bonds. The standard InChI is InChI=1S/C26H27F4N5O2/c1-15(34-8-7-26(29,30)20(13-34)16-3-6-24(36)33(2)12-16)25(37)32-22-14-35-21(4-5-23(35)31-22)17-9-18(27)11-19(28)10-17/h3,6,9-12,14-15,20-21H,4-5,7-8,13H2,1-2H3,(H,32,37)/t15-,20-,21+/m0/s1. The average Bonchev–Trinajstić information content (AvgIpc) is 3.40. The van der Waals surface area contributed by atoms with Gasteiger partial charge in [-0.1, -0.05) is 6.07 Å². The quantitative estimate of drug-likeness (QED) is 0.522. The van der Waals surface area contributed by atoms with Gasteiger partial charge in [0.05, 0.1) is 18.0 Å². The van der Waals surface area contributed by atoms with Gasteiger partial charge in [0.2, 0.25) is 11.5 Å². The summed E-state index contributed by atoms with van der Waals surface area (Å²) in [5.41, 5.74) is 0.539. The van der Waals surface area contributed by atoms with Gasteiger partial charge >= 0.3 is 0 Å².